The fourth-order valence-electron chi connectivity index (χ4n) is 3.55. The highest BCUT2D eigenvalue weighted by molar-refractivity contribution is 8.01. The number of carbonyl (C=O) groups excluding carboxylic acids is 1. The smallest absolute Gasteiger partial charge is 0.416 e. The number of anilines is 1. The molecule has 1 heterocycles. The summed E-state index contributed by atoms with van der Waals surface area (Å²) in [5.74, 6) is 0.506. The third-order valence-electron chi connectivity index (χ3n) is 5.48. The lowest BCUT2D eigenvalue weighted by atomic mass is 10.1. The maximum absolute atomic E-state index is 13.2. The second-order valence-corrected chi connectivity index (χ2v) is 11.1. The first kappa shape index (κ1) is 29.4. The second-order valence-electron chi connectivity index (χ2n) is 9.44. The Morgan fingerprint density at radius 3 is 2.42 bits per heavy atom. The standard InChI is InChI=1S/C28H32F3N3O3S/c1-19(2)37-26(35)27(3,4)38-23-11-9-20(10-12-23)18-34(15-16-36-5)24-13-14-32-25(33-24)21-7-6-8-22(17-21)28(29,30)31/h6-14,17,19H,15-16,18H2,1-5H3. The van der Waals surface area contributed by atoms with Crippen LogP contribution in [0.1, 0.15) is 38.8 Å². The van der Waals surface area contributed by atoms with Crippen LogP contribution in [0.25, 0.3) is 11.4 Å². The Hall–Kier alpha value is -3.11. The average molecular weight is 548 g/mol. The number of aromatic nitrogens is 2. The fourth-order valence-corrected chi connectivity index (χ4v) is 4.54. The van der Waals surface area contributed by atoms with Crippen molar-refractivity contribution in [3.8, 4) is 11.4 Å². The van der Waals surface area contributed by atoms with Crippen molar-refractivity contribution >= 4 is 23.5 Å². The van der Waals surface area contributed by atoms with Gasteiger partial charge in [0.1, 0.15) is 10.6 Å². The first-order valence-electron chi connectivity index (χ1n) is 12.1. The van der Waals surface area contributed by atoms with E-state index in [1.807, 2.05) is 56.9 Å². The number of hydrogen-bond acceptors (Lipinski definition) is 7. The summed E-state index contributed by atoms with van der Waals surface area (Å²) < 4.78 is 49.5. The zero-order chi connectivity index (χ0) is 27.9. The van der Waals surface area contributed by atoms with Crippen molar-refractivity contribution in [1.82, 2.24) is 9.97 Å². The first-order chi connectivity index (χ1) is 17.9. The monoisotopic (exact) mass is 547 g/mol. The molecule has 0 saturated heterocycles. The Morgan fingerprint density at radius 2 is 1.79 bits per heavy atom. The lowest BCUT2D eigenvalue weighted by molar-refractivity contribution is -0.149. The maximum atomic E-state index is 13.2. The quantitative estimate of drug-likeness (QED) is 0.197. The Bertz CT molecular complexity index is 1220. The van der Waals surface area contributed by atoms with Crippen LogP contribution in [0.4, 0.5) is 19.0 Å². The van der Waals surface area contributed by atoms with E-state index >= 15 is 0 Å². The lowest BCUT2D eigenvalue weighted by Gasteiger charge is -2.25. The van der Waals surface area contributed by atoms with Crippen LogP contribution < -0.4 is 4.90 Å². The zero-order valence-corrected chi connectivity index (χ0v) is 22.9. The number of alkyl halides is 3. The number of hydrogen-bond donors (Lipinski definition) is 0. The number of benzene rings is 2. The van der Waals surface area contributed by atoms with Crippen LogP contribution in [0.3, 0.4) is 0 Å². The highest BCUT2D eigenvalue weighted by Gasteiger charge is 2.32. The van der Waals surface area contributed by atoms with E-state index < -0.39 is 16.5 Å². The number of ether oxygens (including phenoxy) is 2. The fraction of sp³-hybridized carbons (Fsp3) is 0.393. The molecule has 3 aromatic rings. The molecule has 10 heteroatoms. The van der Waals surface area contributed by atoms with Crippen molar-refractivity contribution in [2.75, 3.05) is 25.2 Å². The molecule has 0 atom stereocenters. The Kier molecular flexibility index (Phi) is 9.78. The third kappa shape index (κ3) is 8.19. The molecule has 0 aliphatic rings. The molecule has 0 aliphatic heterocycles. The number of nitrogens with zero attached hydrogens (tertiary/aromatic N) is 3. The molecule has 0 unspecified atom stereocenters. The molecule has 1 aromatic heterocycles. The van der Waals surface area contributed by atoms with Gasteiger partial charge in [-0.25, -0.2) is 9.97 Å². The predicted molar refractivity (Wildman–Crippen MR) is 143 cm³/mol. The number of rotatable bonds is 11. The maximum Gasteiger partial charge on any atom is 0.416 e. The Balaban J connectivity index is 1.79. The van der Waals surface area contributed by atoms with Crippen molar-refractivity contribution in [2.24, 2.45) is 0 Å². The summed E-state index contributed by atoms with van der Waals surface area (Å²) in [7, 11) is 1.60. The summed E-state index contributed by atoms with van der Waals surface area (Å²) in [6.07, 6.45) is -3.10. The van der Waals surface area contributed by atoms with Crippen molar-refractivity contribution in [3.05, 3.63) is 71.9 Å². The summed E-state index contributed by atoms with van der Waals surface area (Å²) >= 11 is 1.43. The van der Waals surface area contributed by atoms with E-state index in [9.17, 15) is 18.0 Å². The lowest BCUT2D eigenvalue weighted by Crippen LogP contribution is -2.31. The summed E-state index contributed by atoms with van der Waals surface area (Å²) in [5.41, 5.74) is 0.527. The highest BCUT2D eigenvalue weighted by Crippen LogP contribution is 2.34. The molecule has 0 spiro atoms. The number of carbonyl (C=O) groups is 1. The third-order valence-corrected chi connectivity index (χ3v) is 6.67. The van der Waals surface area contributed by atoms with Crippen molar-refractivity contribution in [3.63, 3.8) is 0 Å². The van der Waals surface area contributed by atoms with Crippen LogP contribution in [-0.4, -0.2) is 47.0 Å². The summed E-state index contributed by atoms with van der Waals surface area (Å²) in [5, 5.41) is 0. The SMILES string of the molecule is COCCN(Cc1ccc(SC(C)(C)C(=O)OC(C)C)cc1)c1ccnc(-c2cccc(C(F)(F)F)c2)n1. The van der Waals surface area contributed by atoms with Gasteiger partial charge in [-0.15, -0.1) is 11.8 Å². The van der Waals surface area contributed by atoms with E-state index in [0.29, 0.717) is 25.5 Å². The molecule has 0 bridgehead atoms. The molecule has 204 valence electrons. The van der Waals surface area contributed by atoms with E-state index in [0.717, 1.165) is 22.6 Å². The molecule has 2 aromatic carbocycles. The minimum atomic E-state index is -4.45. The topological polar surface area (TPSA) is 64.5 Å². The van der Waals surface area contributed by atoms with Gasteiger partial charge in [-0.05, 0) is 63.6 Å². The van der Waals surface area contributed by atoms with E-state index in [1.165, 1.54) is 24.0 Å². The highest BCUT2D eigenvalue weighted by atomic mass is 32.2. The minimum absolute atomic E-state index is 0.182. The minimum Gasteiger partial charge on any atom is -0.462 e. The van der Waals surface area contributed by atoms with Crippen LogP contribution in [0, 0.1) is 0 Å². The molecule has 0 saturated carbocycles. The van der Waals surface area contributed by atoms with Crippen LogP contribution in [0.15, 0.2) is 65.7 Å². The molecule has 6 nitrogen and oxygen atoms in total. The van der Waals surface area contributed by atoms with Gasteiger partial charge in [0.2, 0.25) is 0 Å². The molecule has 3 rings (SSSR count). The van der Waals surface area contributed by atoms with E-state index in [-0.39, 0.29) is 23.5 Å². The first-order valence-corrected chi connectivity index (χ1v) is 12.9. The largest absolute Gasteiger partial charge is 0.462 e. The van der Waals surface area contributed by atoms with Gasteiger partial charge in [-0.1, -0.05) is 24.3 Å². The molecule has 38 heavy (non-hydrogen) atoms. The van der Waals surface area contributed by atoms with Gasteiger partial charge < -0.3 is 14.4 Å². The number of halogens is 3. The van der Waals surface area contributed by atoms with Gasteiger partial charge in [-0.2, -0.15) is 13.2 Å². The average Bonchev–Trinajstić information content (AvgIpc) is 2.86. The summed E-state index contributed by atoms with van der Waals surface area (Å²) in [4.78, 5) is 24.1. The number of thioether (sulfide) groups is 1. The van der Waals surface area contributed by atoms with Gasteiger partial charge in [0.05, 0.1) is 18.3 Å². The molecule has 0 radical (unpaired) electrons. The van der Waals surface area contributed by atoms with E-state index in [2.05, 4.69) is 9.97 Å². The van der Waals surface area contributed by atoms with Crippen LogP contribution in [0.2, 0.25) is 0 Å². The number of methoxy groups -OCH3 is 1. The van der Waals surface area contributed by atoms with Crippen molar-refractivity contribution in [2.45, 2.75) is 56.2 Å². The second kappa shape index (κ2) is 12.6. The van der Waals surface area contributed by atoms with Crippen LogP contribution >= 0.6 is 11.8 Å². The van der Waals surface area contributed by atoms with Crippen LogP contribution in [0.5, 0.6) is 0 Å². The van der Waals surface area contributed by atoms with Gasteiger partial charge in [0.25, 0.3) is 0 Å². The summed E-state index contributed by atoms with van der Waals surface area (Å²) in [6.45, 7) is 8.75. The Morgan fingerprint density at radius 1 is 1.08 bits per heavy atom. The van der Waals surface area contributed by atoms with Crippen molar-refractivity contribution < 1.29 is 27.4 Å². The van der Waals surface area contributed by atoms with Crippen LogP contribution in [-0.2, 0) is 27.0 Å². The molecule has 0 fully saturated rings. The summed E-state index contributed by atoms with van der Waals surface area (Å²) in [6, 6.07) is 14.5. The van der Waals surface area contributed by atoms with E-state index in [4.69, 9.17) is 9.47 Å². The molecular formula is C28H32F3N3O3S. The van der Waals surface area contributed by atoms with E-state index in [1.54, 1.807) is 19.2 Å². The Labute approximate surface area is 225 Å². The molecule has 0 N–H and O–H groups in total. The zero-order valence-electron chi connectivity index (χ0n) is 22.1. The normalized spacial score (nSPS) is 12.0. The van der Waals surface area contributed by atoms with Gasteiger partial charge in [0.15, 0.2) is 5.82 Å². The van der Waals surface area contributed by atoms with Gasteiger partial charge >= 0.3 is 12.1 Å². The van der Waals surface area contributed by atoms with Crippen molar-refractivity contribution in [1.29, 1.82) is 0 Å². The van der Waals surface area contributed by atoms with Gasteiger partial charge in [0, 0.05) is 36.9 Å². The molecule has 0 amide bonds. The molecule has 0 aliphatic carbocycles. The number of esters is 1. The predicted octanol–water partition coefficient (Wildman–Crippen LogP) is 6.64. The van der Waals surface area contributed by atoms with Gasteiger partial charge in [-0.3, -0.25) is 4.79 Å². The molecular weight excluding hydrogens is 515 g/mol.